The predicted octanol–water partition coefficient (Wildman–Crippen LogP) is 7.87. The van der Waals surface area contributed by atoms with Crippen LogP contribution in [0.25, 0.3) is 0 Å². The number of nitrogens with one attached hydrogen (secondary N) is 1. The van der Waals surface area contributed by atoms with Gasteiger partial charge in [-0.05, 0) is 85.3 Å². The van der Waals surface area contributed by atoms with E-state index in [2.05, 4.69) is 24.4 Å². The monoisotopic (exact) mass is 653 g/mol. The molecule has 3 N–H and O–H groups in total. The van der Waals surface area contributed by atoms with Crippen LogP contribution in [0, 0.1) is 11.8 Å². The smallest absolute Gasteiger partial charge is 0.223 e. The Hall–Kier alpha value is -3.48. The number of hydrogen-bond acceptors (Lipinski definition) is 5. The second kappa shape index (κ2) is 18.3. The number of ether oxygens (including phenoxy) is 1. The Kier molecular flexibility index (Phi) is 13.7. The number of amides is 1. The number of aliphatic hydroxyl groups excluding tert-OH is 2. The summed E-state index contributed by atoms with van der Waals surface area (Å²) in [6.07, 6.45) is 9.84. The van der Waals surface area contributed by atoms with Crippen LogP contribution < -0.4 is 10.1 Å². The second-order valence-electron chi connectivity index (χ2n) is 14.2. The summed E-state index contributed by atoms with van der Waals surface area (Å²) in [4.78, 5) is 26.8. The van der Waals surface area contributed by atoms with Gasteiger partial charge in [0.2, 0.25) is 5.91 Å². The molecule has 48 heavy (non-hydrogen) atoms. The average Bonchev–Trinajstić information content (AvgIpc) is 3.45. The van der Waals surface area contributed by atoms with E-state index in [4.69, 9.17) is 4.74 Å². The number of benzene rings is 3. The van der Waals surface area contributed by atoms with Gasteiger partial charge in [0.25, 0.3) is 0 Å². The third-order valence-corrected chi connectivity index (χ3v) is 10.5. The molecule has 3 aromatic rings. The van der Waals surface area contributed by atoms with Crippen molar-refractivity contribution in [1.29, 1.82) is 0 Å². The Bertz CT molecular complexity index is 1420. The summed E-state index contributed by atoms with van der Waals surface area (Å²) in [6, 6.07) is 26.0. The fourth-order valence-corrected chi connectivity index (χ4v) is 7.82. The lowest BCUT2D eigenvalue weighted by molar-refractivity contribution is -0.127. The minimum Gasteiger partial charge on any atom is -0.489 e. The minimum atomic E-state index is -0.754. The number of fused-ring (bicyclic) bond motifs is 1. The number of carbonyl (C=O) groups is 2. The van der Waals surface area contributed by atoms with Gasteiger partial charge in [0.15, 0.2) is 0 Å². The molecule has 1 saturated carbocycles. The van der Waals surface area contributed by atoms with Crippen molar-refractivity contribution in [3.63, 3.8) is 0 Å². The number of aliphatic hydroxyl groups is 2. The normalized spacial score (nSPS) is 19.6. The fourth-order valence-electron chi connectivity index (χ4n) is 7.82. The number of Topliss-reactive ketones (excluding diaryl/α,β-unsaturated/α-hetero) is 1. The number of rotatable bonds is 18. The Balaban J connectivity index is 1.31. The summed E-state index contributed by atoms with van der Waals surface area (Å²) >= 11 is 0. The molecular formula is C42H55NO5. The SMILES string of the molecule is CCCCCC(=O)CCC(O)CC(Cc1ccc(OCc2ccccc2)cc1)C(=O)N[C@H](C1CCCCC1)[C@@H]1c2ccccc2C[C@@H]1O. The van der Waals surface area contributed by atoms with Crippen molar-refractivity contribution in [2.24, 2.45) is 11.8 Å². The van der Waals surface area contributed by atoms with Gasteiger partial charge < -0.3 is 20.3 Å². The summed E-state index contributed by atoms with van der Waals surface area (Å²) < 4.78 is 5.99. The van der Waals surface area contributed by atoms with E-state index in [-0.39, 0.29) is 30.1 Å². The average molecular weight is 654 g/mol. The van der Waals surface area contributed by atoms with Gasteiger partial charge >= 0.3 is 0 Å². The van der Waals surface area contributed by atoms with Crippen molar-refractivity contribution in [2.75, 3.05) is 0 Å². The molecule has 6 heteroatoms. The summed E-state index contributed by atoms with van der Waals surface area (Å²) in [5, 5.41) is 26.0. The lowest BCUT2D eigenvalue weighted by Crippen LogP contribution is -2.49. The summed E-state index contributed by atoms with van der Waals surface area (Å²) in [5.41, 5.74) is 4.39. The maximum atomic E-state index is 14.4. The standard InChI is InChI=1S/C42H55NO5/c1-2-3-6-18-35(44)22-23-36(45)27-34(26-30-20-24-37(25-21-30)48-29-31-13-7-4-8-14-31)42(47)43-41(32-15-9-5-10-16-32)40-38-19-12-11-17-33(38)28-39(40)46/h4,7-8,11-14,17,19-21,24-25,32,34,36,39-41,45-46H,2-3,5-6,9-10,15-16,18,22-23,26-29H2,1H3,(H,43,47)/t34?,36?,39-,40+,41+/m0/s1. The number of hydrogen-bond donors (Lipinski definition) is 3. The van der Waals surface area contributed by atoms with E-state index in [1.54, 1.807) is 0 Å². The van der Waals surface area contributed by atoms with Crippen molar-refractivity contribution < 1.29 is 24.5 Å². The first kappa shape index (κ1) is 35.8. The maximum Gasteiger partial charge on any atom is 0.223 e. The highest BCUT2D eigenvalue weighted by Gasteiger charge is 2.42. The van der Waals surface area contributed by atoms with Gasteiger partial charge in [-0.15, -0.1) is 0 Å². The van der Waals surface area contributed by atoms with Crippen molar-refractivity contribution in [1.82, 2.24) is 5.32 Å². The summed E-state index contributed by atoms with van der Waals surface area (Å²) in [7, 11) is 0. The molecule has 3 aromatic carbocycles. The van der Waals surface area contributed by atoms with Crippen LogP contribution in [-0.2, 0) is 29.0 Å². The van der Waals surface area contributed by atoms with Crippen LogP contribution in [0.3, 0.4) is 0 Å². The third kappa shape index (κ3) is 10.3. The van der Waals surface area contributed by atoms with Crippen LogP contribution >= 0.6 is 0 Å². The lowest BCUT2D eigenvalue weighted by Gasteiger charge is -2.37. The first-order valence-electron chi connectivity index (χ1n) is 18.4. The number of unbranched alkanes of at least 4 members (excludes halogenated alkanes) is 2. The van der Waals surface area contributed by atoms with Gasteiger partial charge in [0.05, 0.1) is 12.2 Å². The first-order valence-corrected chi connectivity index (χ1v) is 18.4. The van der Waals surface area contributed by atoms with Crippen molar-refractivity contribution >= 4 is 11.7 Å². The molecule has 5 rings (SSSR count). The van der Waals surface area contributed by atoms with Crippen LogP contribution in [0.2, 0.25) is 0 Å². The van der Waals surface area contributed by atoms with E-state index in [0.29, 0.717) is 44.6 Å². The van der Waals surface area contributed by atoms with E-state index in [9.17, 15) is 19.8 Å². The summed E-state index contributed by atoms with van der Waals surface area (Å²) in [6.45, 7) is 2.60. The highest BCUT2D eigenvalue weighted by atomic mass is 16.5. The topological polar surface area (TPSA) is 95.9 Å². The molecule has 0 heterocycles. The Morgan fingerprint density at radius 3 is 2.35 bits per heavy atom. The molecule has 6 nitrogen and oxygen atoms in total. The lowest BCUT2D eigenvalue weighted by atomic mass is 9.75. The van der Waals surface area contributed by atoms with E-state index < -0.39 is 18.1 Å². The molecule has 1 amide bonds. The molecule has 0 bridgehead atoms. The largest absolute Gasteiger partial charge is 0.489 e. The Morgan fingerprint density at radius 2 is 1.60 bits per heavy atom. The molecule has 0 aromatic heterocycles. The molecule has 0 saturated heterocycles. The van der Waals surface area contributed by atoms with Crippen LogP contribution in [0.1, 0.15) is 112 Å². The molecule has 2 unspecified atom stereocenters. The number of carbonyl (C=O) groups excluding carboxylic acids is 2. The van der Waals surface area contributed by atoms with Gasteiger partial charge in [-0.3, -0.25) is 9.59 Å². The van der Waals surface area contributed by atoms with Gasteiger partial charge in [-0.1, -0.05) is 106 Å². The summed E-state index contributed by atoms with van der Waals surface area (Å²) in [5.74, 6) is 0.518. The maximum absolute atomic E-state index is 14.4. The van der Waals surface area contributed by atoms with Gasteiger partial charge in [0, 0.05) is 30.7 Å². The van der Waals surface area contributed by atoms with Crippen LogP contribution in [0.5, 0.6) is 5.75 Å². The molecule has 2 aliphatic rings. The molecule has 0 aliphatic heterocycles. The second-order valence-corrected chi connectivity index (χ2v) is 14.2. The molecule has 0 spiro atoms. The molecule has 2 aliphatic carbocycles. The van der Waals surface area contributed by atoms with Crippen molar-refractivity contribution in [3.8, 4) is 5.75 Å². The number of ketones is 1. The van der Waals surface area contributed by atoms with E-state index >= 15 is 0 Å². The molecule has 5 atom stereocenters. The first-order chi connectivity index (χ1) is 23.4. The van der Waals surface area contributed by atoms with Gasteiger partial charge in [0.1, 0.15) is 18.1 Å². The molecule has 0 radical (unpaired) electrons. The zero-order valence-corrected chi connectivity index (χ0v) is 28.7. The van der Waals surface area contributed by atoms with E-state index in [1.807, 2.05) is 66.7 Å². The Labute approximate surface area is 287 Å². The minimum absolute atomic E-state index is 0.0834. The molecule has 1 fully saturated rings. The van der Waals surface area contributed by atoms with Crippen molar-refractivity contribution in [3.05, 3.63) is 101 Å². The quantitative estimate of drug-likeness (QED) is 0.122. The van der Waals surface area contributed by atoms with Crippen LogP contribution in [0.15, 0.2) is 78.9 Å². The van der Waals surface area contributed by atoms with E-state index in [0.717, 1.165) is 72.9 Å². The molecule has 258 valence electrons. The predicted molar refractivity (Wildman–Crippen MR) is 191 cm³/mol. The van der Waals surface area contributed by atoms with Crippen LogP contribution in [-0.4, -0.2) is 40.2 Å². The molecular weight excluding hydrogens is 598 g/mol. The highest BCUT2D eigenvalue weighted by molar-refractivity contribution is 5.80. The highest BCUT2D eigenvalue weighted by Crippen LogP contribution is 2.41. The van der Waals surface area contributed by atoms with Gasteiger partial charge in [-0.2, -0.15) is 0 Å². The van der Waals surface area contributed by atoms with E-state index in [1.165, 1.54) is 6.42 Å². The van der Waals surface area contributed by atoms with Crippen molar-refractivity contribution in [2.45, 2.75) is 128 Å². The Morgan fingerprint density at radius 1 is 0.875 bits per heavy atom. The zero-order valence-electron chi connectivity index (χ0n) is 28.7. The zero-order chi connectivity index (χ0) is 33.7. The third-order valence-electron chi connectivity index (χ3n) is 10.5. The van der Waals surface area contributed by atoms with Crippen LogP contribution in [0.4, 0.5) is 0 Å². The fraction of sp³-hybridized carbons (Fsp3) is 0.524. The van der Waals surface area contributed by atoms with Gasteiger partial charge in [-0.25, -0.2) is 0 Å².